The van der Waals surface area contributed by atoms with Crippen LogP contribution in [0.15, 0.2) is 90.3 Å². The number of phenolic OH excluding ortho intramolecular Hbond substituents is 1. The van der Waals surface area contributed by atoms with Gasteiger partial charge in [0.05, 0.1) is 35.5 Å². The van der Waals surface area contributed by atoms with E-state index in [0.717, 1.165) is 65.8 Å². The van der Waals surface area contributed by atoms with Crippen molar-refractivity contribution in [3.63, 3.8) is 0 Å². The van der Waals surface area contributed by atoms with Gasteiger partial charge in [0, 0.05) is 117 Å². The number of ether oxygens (including phenoxy) is 2. The number of nitrogens with one attached hydrogen (secondary N) is 8. The summed E-state index contributed by atoms with van der Waals surface area (Å²) in [6, 6.07) is 16.0. The van der Waals surface area contributed by atoms with E-state index in [0.29, 0.717) is 61.1 Å². The number of hydrogen-bond acceptors (Lipinski definition) is 26. The fourth-order valence-electron chi connectivity index (χ4n) is 15.3. The monoisotopic (exact) mass is 1910 g/mol. The normalized spacial score (nSPS) is 15.3. The predicted molar refractivity (Wildman–Crippen MR) is 501 cm³/mol. The van der Waals surface area contributed by atoms with Crippen molar-refractivity contribution < 1.29 is 117 Å². The van der Waals surface area contributed by atoms with E-state index >= 15 is 4.79 Å². The minimum Gasteiger partial charge on any atom is -0.508 e. The molecule has 2 heterocycles. The largest absolute Gasteiger partial charge is 0.508 e. The predicted octanol–water partition coefficient (Wildman–Crippen LogP) is 9.80. The van der Waals surface area contributed by atoms with Crippen molar-refractivity contribution in [3.05, 3.63) is 118 Å². The molecule has 1 unspecified atom stereocenters. The molecule has 1 saturated heterocycles. The molecule has 0 saturated carbocycles. The molecule has 39 heteroatoms. The van der Waals surface area contributed by atoms with E-state index in [1.165, 1.54) is 23.5 Å². The molecule has 5 rings (SSSR count). The van der Waals surface area contributed by atoms with E-state index in [1.54, 1.807) is 90.0 Å². The summed E-state index contributed by atoms with van der Waals surface area (Å²) < 4.78 is 11.0. The third kappa shape index (κ3) is 43.3. The molecule has 133 heavy (non-hydrogen) atoms. The number of piperidine rings is 1. The smallest absolute Gasteiger partial charge is 0.426 e. The highest BCUT2D eigenvalue weighted by atomic mass is 33.1. The number of carbonyl (C=O) groups is 17. The zero-order valence-electron chi connectivity index (χ0n) is 77.4. The lowest BCUT2D eigenvalue weighted by atomic mass is 9.82. The number of hydrazine groups is 1. The number of hydrogen-bond donors (Lipinski definition) is 14. The molecule has 1 aliphatic heterocycles. The zero-order valence-corrected chi connectivity index (χ0v) is 79.9. The fourth-order valence-corrected chi connectivity index (χ4v) is 18.3. The van der Waals surface area contributed by atoms with Crippen molar-refractivity contribution in [3.8, 4) is 5.75 Å². The number of aromatic hydroxyl groups is 1. The first kappa shape index (κ1) is 113. The number of Topliss-reactive ketones (excluding diaryl/α,β-unsaturated/α-hetero) is 4. The molecule has 0 radical (unpaired) electrons. The van der Waals surface area contributed by atoms with Crippen molar-refractivity contribution in [2.45, 2.75) is 270 Å². The first-order valence-electron chi connectivity index (χ1n) is 45.8. The molecular weight excluding hydrogens is 1780 g/mol. The number of carbonyl (C=O) groups excluding carboxylic acids is 13. The number of likely N-dealkylation sites (tertiary alicyclic amines) is 1. The van der Waals surface area contributed by atoms with E-state index in [1.807, 2.05) is 48.6 Å². The lowest BCUT2D eigenvalue weighted by Crippen LogP contribution is -2.53. The van der Waals surface area contributed by atoms with E-state index in [2.05, 4.69) is 47.7 Å². The van der Waals surface area contributed by atoms with Crippen molar-refractivity contribution in [1.82, 2.24) is 57.5 Å². The number of nitrogens with two attached hydrogens (primary N) is 1. The number of esters is 1. The summed E-state index contributed by atoms with van der Waals surface area (Å²) in [5.74, 6) is -15.6. The van der Waals surface area contributed by atoms with Gasteiger partial charge in [-0.2, -0.15) is 0 Å². The van der Waals surface area contributed by atoms with E-state index in [-0.39, 0.29) is 168 Å². The van der Waals surface area contributed by atoms with Gasteiger partial charge < -0.3 is 77.5 Å². The van der Waals surface area contributed by atoms with Gasteiger partial charge >= 0.3 is 42.0 Å². The number of likely N-dealkylation sites (N-methyl/N-ethyl adjacent to an activating group) is 1. The van der Waals surface area contributed by atoms with Crippen LogP contribution < -0.4 is 48.5 Å². The van der Waals surface area contributed by atoms with Crippen LogP contribution in [0.25, 0.3) is 0 Å². The Kier molecular flexibility index (Phi) is 51.7. The molecule has 1 fully saturated rings. The van der Waals surface area contributed by atoms with Gasteiger partial charge in [-0.15, -0.1) is 11.3 Å². The number of nitrogens with zero attached hydrogens (tertiary/aromatic N) is 3. The molecule has 36 nitrogen and oxygen atoms in total. The van der Waals surface area contributed by atoms with Crippen molar-refractivity contribution >= 4 is 133 Å². The van der Waals surface area contributed by atoms with Crippen LogP contribution in [0, 0.1) is 35.5 Å². The van der Waals surface area contributed by atoms with Gasteiger partial charge in [0.1, 0.15) is 35.9 Å². The number of ketones is 4. The molecule has 13 atom stereocenters. The van der Waals surface area contributed by atoms with Crippen LogP contribution in [0.1, 0.15) is 241 Å². The zero-order chi connectivity index (χ0) is 98.1. The van der Waals surface area contributed by atoms with Crippen LogP contribution in [0.4, 0.5) is 9.59 Å². The molecule has 9 amide bonds. The highest BCUT2D eigenvalue weighted by Gasteiger charge is 2.40. The van der Waals surface area contributed by atoms with Gasteiger partial charge in [-0.05, 0) is 131 Å². The summed E-state index contributed by atoms with van der Waals surface area (Å²) in [6.45, 7) is 13.0. The third-order valence-electron chi connectivity index (χ3n) is 23.3. The van der Waals surface area contributed by atoms with Crippen LogP contribution >= 0.6 is 32.9 Å². The van der Waals surface area contributed by atoms with Gasteiger partial charge in [0.2, 0.25) is 29.5 Å². The number of aromatic nitrogens is 1. The van der Waals surface area contributed by atoms with E-state index < -0.39 is 162 Å². The van der Waals surface area contributed by atoms with Crippen LogP contribution in [0.2, 0.25) is 0 Å². The Morgan fingerprint density at radius 1 is 0.609 bits per heavy atom. The number of rotatable bonds is 65. The van der Waals surface area contributed by atoms with Crippen LogP contribution in [-0.2, 0) is 95.9 Å². The molecule has 0 aliphatic carbocycles. The van der Waals surface area contributed by atoms with Gasteiger partial charge in [-0.3, -0.25) is 77.4 Å². The molecule has 734 valence electrons. The van der Waals surface area contributed by atoms with Crippen LogP contribution in [0.5, 0.6) is 5.75 Å². The quantitative estimate of drug-likeness (QED) is 0.00642. The Bertz CT molecular complexity index is 4430. The minimum atomic E-state index is -1.76. The highest BCUT2D eigenvalue weighted by Crippen LogP contribution is 2.34. The van der Waals surface area contributed by atoms with Gasteiger partial charge in [-0.25, -0.2) is 24.8 Å². The molecule has 0 bridgehead atoms. The summed E-state index contributed by atoms with van der Waals surface area (Å²) in [4.78, 5) is 232. The van der Waals surface area contributed by atoms with Gasteiger partial charge in [0.15, 0.2) is 24.1 Å². The highest BCUT2D eigenvalue weighted by molar-refractivity contribution is 8.76. The second kappa shape index (κ2) is 61.1. The topological polar surface area (TPSA) is 551 Å². The molecule has 3 aromatic carbocycles. The molecule has 15 N–H and O–H groups in total. The molecule has 1 aliphatic rings. The number of benzene rings is 3. The summed E-state index contributed by atoms with van der Waals surface area (Å²) in [6.07, 6.45) is 5.62. The number of carboxylic acid groups (broad SMARTS) is 4. The summed E-state index contributed by atoms with van der Waals surface area (Å²) in [7, 11) is 4.00. The Hall–Kier alpha value is -10.9. The third-order valence-corrected chi connectivity index (χ3v) is 26.8. The minimum absolute atomic E-state index is 0.0125. The number of amides is 9. The van der Waals surface area contributed by atoms with Crippen molar-refractivity contribution in [2.75, 3.05) is 51.5 Å². The van der Waals surface area contributed by atoms with Crippen molar-refractivity contribution in [1.29, 1.82) is 0 Å². The van der Waals surface area contributed by atoms with Crippen LogP contribution in [0.3, 0.4) is 0 Å². The lowest BCUT2D eigenvalue weighted by molar-refractivity contribution is -0.160. The summed E-state index contributed by atoms with van der Waals surface area (Å²) in [5, 5.41) is 66.0. The van der Waals surface area contributed by atoms with Gasteiger partial charge in [-0.1, -0.05) is 181 Å². The summed E-state index contributed by atoms with van der Waals surface area (Å²) in [5.41, 5.74) is 13.0. The average molecular weight is 1910 g/mol. The maximum atomic E-state index is 15.0. The second-order valence-corrected chi connectivity index (χ2v) is 38.0. The molecule has 4 aromatic rings. The Balaban J connectivity index is 1.09. The van der Waals surface area contributed by atoms with E-state index in [9.17, 15) is 97.1 Å². The standard InChI is InChI=1S/C94H136N12O24S3/c1-9-26-84(117)130-57-106(90(122)70(59(5)10-2)52-80(111)76-32-23-24-42-105(76)8)77(58(3)4)46-61(7)89-101-75(56-131-89)88(121)98-67(48-64-35-37-69(108)38-36-64)45-60(6)85(118)103-104-94(128)129-43-44-132-133-55-66(91(123)124)51-79(110)74(53-83(115)116)100-87(120)71(95)54-97-86(119)65(47-62-27-17-15-18-28-62)50-78(109)73(49-63-29-19-16-20-30-63)99-81(112)33-22-14-12-11-13-21-31-68(107)39-40-72(92(125)126)102-93(127)96-41-25-34-82(113)114/h15-20,27-30,35-38,56,58-61,65-67,70-74,76-77,108H,9-14,21-26,31-34,39-55,57,95H2,1-8H3,(H,97,119)(H,98,121)(H,99,112)(H,100,120)(H,103,118)(H,104,128)(H,113,114)(H,115,116)(H,123,124)(H,125,126)(H2,96,102,127)/t59?,60-,61+,65+,66-,67+,70-,71-,72-,73-,74-,76+,77+/m0/s1. The number of urea groups is 1. The number of unbranched alkanes of at least 4 members (excludes halogenated alkanes) is 5. The number of aliphatic carboxylic acids is 4. The van der Waals surface area contributed by atoms with Gasteiger partial charge in [0.25, 0.3) is 5.91 Å². The first-order valence-corrected chi connectivity index (χ1v) is 49.1. The second-order valence-electron chi connectivity index (χ2n) is 34.5. The summed E-state index contributed by atoms with van der Waals surface area (Å²) >= 11 is 1.26. The molecule has 0 spiro atoms. The van der Waals surface area contributed by atoms with Crippen molar-refractivity contribution in [2.24, 2.45) is 41.2 Å². The Labute approximate surface area is 789 Å². The molecule has 1 aromatic heterocycles. The number of phenols is 1. The van der Waals surface area contributed by atoms with E-state index in [4.69, 9.17) is 25.3 Å². The number of carboxylic acids is 4. The lowest BCUT2D eigenvalue weighted by Gasteiger charge is -2.39. The first-order chi connectivity index (χ1) is 63.4. The fraction of sp³-hybridized carbons (Fsp3) is 0.596. The number of thiazole rings is 1. The SMILES string of the molecule is CCCC(=O)OCN(C(=O)[C@@H](CC(=O)[C@H]1CCCCN1C)C(C)CC)[C@H](C[C@@H](C)c1nc(C(=O)N[C@@H](Cc2ccc(O)cc2)C[C@H](C)C(=O)NNC(=O)OCCSSC[C@H](CC(=O)[C@H](CC(=O)O)NC(=O)[C@@H](N)CNC(=O)[C@@H](CC(=O)[C@H](Cc2ccccc2)NC(=O)CCCCCCCCC(=O)CC[C@H](NC(=O)NCCCC(=O)O)C(=O)O)Cc2ccccc2)C(=O)O)cs1)C(C)C. The van der Waals surface area contributed by atoms with Crippen LogP contribution in [-0.4, -0.2) is 235 Å². The maximum Gasteiger partial charge on any atom is 0.426 e. The Morgan fingerprint density at radius 3 is 1.87 bits per heavy atom. The Morgan fingerprint density at radius 2 is 1.25 bits per heavy atom. The average Bonchev–Trinajstić information content (AvgIpc) is 1.78. The molecular formula is C94H136N12O24S3. The maximum absolute atomic E-state index is 15.0.